The molecule has 1 aromatic carbocycles. The maximum Gasteiger partial charge on any atom is 0.194 e. The molecular weight excluding hydrogens is 402 g/mol. The van der Waals surface area contributed by atoms with Crippen molar-refractivity contribution in [3.8, 4) is 23.1 Å². The molecule has 8 heteroatoms. The highest BCUT2D eigenvalue weighted by molar-refractivity contribution is 7.17. The van der Waals surface area contributed by atoms with E-state index >= 15 is 0 Å². The van der Waals surface area contributed by atoms with Gasteiger partial charge in [-0.25, -0.2) is 10.2 Å². The van der Waals surface area contributed by atoms with Crippen molar-refractivity contribution < 1.29 is 20.2 Å². The third kappa shape index (κ3) is 6.92. The highest BCUT2D eigenvalue weighted by Crippen LogP contribution is 2.25. The number of fused-ring (bicyclic) bond motifs is 1. The number of hydrogen-bond donors (Lipinski definition) is 1. The zero-order chi connectivity index (χ0) is 21.0. The quantitative estimate of drug-likeness (QED) is 0.263. The van der Waals surface area contributed by atoms with Gasteiger partial charge in [0.2, 0.25) is 0 Å². The van der Waals surface area contributed by atoms with Crippen LogP contribution < -0.4 is 0 Å². The average molecular weight is 430 g/mol. The molecule has 1 aliphatic rings. The minimum Gasteiger partial charge on any atom is -0.298 e. The van der Waals surface area contributed by atoms with Crippen LogP contribution in [0, 0.1) is 11.8 Å². The molecule has 0 spiro atoms. The van der Waals surface area contributed by atoms with Crippen LogP contribution in [0.15, 0.2) is 42.7 Å². The summed E-state index contributed by atoms with van der Waals surface area (Å²) in [5.74, 6) is 5.03. The third-order valence-electron chi connectivity index (χ3n) is 4.74. The van der Waals surface area contributed by atoms with Crippen LogP contribution in [0.3, 0.4) is 0 Å². The summed E-state index contributed by atoms with van der Waals surface area (Å²) >= 11 is 1.82. The van der Waals surface area contributed by atoms with E-state index in [-0.39, 0.29) is 6.61 Å². The van der Waals surface area contributed by atoms with Crippen LogP contribution in [0.2, 0.25) is 0 Å². The summed E-state index contributed by atoms with van der Waals surface area (Å²) in [4.78, 5) is 14.0. The molecule has 2 aromatic heterocycles. The zero-order valence-electron chi connectivity index (χ0n) is 17.1. The summed E-state index contributed by atoms with van der Waals surface area (Å²) in [6.07, 6.45) is 9.88. The molecule has 0 radical (unpaired) electrons. The Morgan fingerprint density at radius 1 is 1.10 bits per heavy atom. The van der Waals surface area contributed by atoms with E-state index < -0.39 is 0 Å². The average Bonchev–Trinajstić information content (AvgIpc) is 3.22. The molecule has 0 saturated carbocycles. The fourth-order valence-electron chi connectivity index (χ4n) is 3.33. The van der Waals surface area contributed by atoms with Gasteiger partial charge in [0, 0.05) is 29.4 Å². The molecule has 30 heavy (non-hydrogen) atoms. The van der Waals surface area contributed by atoms with Crippen LogP contribution in [0.1, 0.15) is 37.5 Å². The summed E-state index contributed by atoms with van der Waals surface area (Å²) in [5.41, 5.74) is 2.25. The van der Waals surface area contributed by atoms with Crippen molar-refractivity contribution in [3.05, 3.63) is 47.6 Å². The lowest BCUT2D eigenvalue weighted by Gasteiger charge is -2.18. The van der Waals surface area contributed by atoms with Crippen molar-refractivity contribution in [3.63, 3.8) is 0 Å². The second kappa shape index (κ2) is 12.4. The first-order chi connectivity index (χ1) is 14.8. The van der Waals surface area contributed by atoms with Crippen LogP contribution in [0.4, 0.5) is 0 Å². The molecule has 7 nitrogen and oxygen atoms in total. The SMILES string of the molecule is CC#CCOOOO.c1ccc(-c2cn3cc(CN4CCCCCC4)sc3n2)cc1. The third-order valence-corrected chi connectivity index (χ3v) is 5.72. The molecular formula is C22H27N3O4S. The van der Waals surface area contributed by atoms with Gasteiger partial charge >= 0.3 is 0 Å². The molecule has 1 aliphatic heterocycles. The molecule has 1 N–H and O–H groups in total. The van der Waals surface area contributed by atoms with E-state index in [9.17, 15) is 0 Å². The minimum atomic E-state index is 0.0804. The number of hydrogen-bond acceptors (Lipinski definition) is 7. The summed E-state index contributed by atoms with van der Waals surface area (Å²) in [6.45, 7) is 5.31. The summed E-state index contributed by atoms with van der Waals surface area (Å²) in [7, 11) is 0. The molecule has 0 aliphatic carbocycles. The van der Waals surface area contributed by atoms with E-state index in [4.69, 9.17) is 10.2 Å². The minimum absolute atomic E-state index is 0.0804. The second-order valence-electron chi connectivity index (χ2n) is 6.90. The van der Waals surface area contributed by atoms with E-state index in [2.05, 4.69) is 72.8 Å². The molecule has 3 aromatic rings. The molecule has 1 saturated heterocycles. The first-order valence-corrected chi connectivity index (χ1v) is 10.9. The highest BCUT2D eigenvalue weighted by atomic mass is 32.1. The molecule has 0 atom stereocenters. The number of thiazole rings is 1. The maximum atomic E-state index is 7.47. The van der Waals surface area contributed by atoms with Crippen LogP contribution in [0.5, 0.6) is 0 Å². The number of nitrogens with zero attached hydrogens (tertiary/aromatic N) is 3. The summed E-state index contributed by atoms with van der Waals surface area (Å²) < 4.78 is 2.18. The Balaban J connectivity index is 0.000000275. The van der Waals surface area contributed by atoms with Gasteiger partial charge < -0.3 is 0 Å². The predicted octanol–water partition coefficient (Wildman–Crippen LogP) is 4.80. The largest absolute Gasteiger partial charge is 0.298 e. The van der Waals surface area contributed by atoms with E-state index in [0.29, 0.717) is 0 Å². The highest BCUT2D eigenvalue weighted by Gasteiger charge is 2.13. The van der Waals surface area contributed by atoms with Crippen molar-refractivity contribution in [2.75, 3.05) is 19.7 Å². The van der Waals surface area contributed by atoms with Gasteiger partial charge in [0.15, 0.2) is 4.96 Å². The van der Waals surface area contributed by atoms with E-state index in [1.807, 2.05) is 17.4 Å². The molecule has 0 unspecified atom stereocenters. The van der Waals surface area contributed by atoms with Crippen LogP contribution in [0.25, 0.3) is 16.2 Å². The van der Waals surface area contributed by atoms with Gasteiger partial charge in [-0.05, 0) is 42.9 Å². The Morgan fingerprint density at radius 3 is 2.53 bits per heavy atom. The Hall–Kier alpha value is -2.25. The van der Waals surface area contributed by atoms with Gasteiger partial charge in [-0.15, -0.1) is 5.92 Å². The Morgan fingerprint density at radius 2 is 1.87 bits per heavy atom. The monoisotopic (exact) mass is 429 g/mol. The summed E-state index contributed by atoms with van der Waals surface area (Å²) in [6, 6.07) is 10.4. The number of benzene rings is 1. The molecule has 4 rings (SSSR count). The molecule has 0 bridgehead atoms. The lowest BCUT2D eigenvalue weighted by molar-refractivity contribution is -0.620. The van der Waals surface area contributed by atoms with Crippen LogP contribution in [-0.2, 0) is 21.5 Å². The Bertz CT molecular complexity index is 906. The lowest BCUT2D eigenvalue weighted by atomic mass is 10.2. The van der Waals surface area contributed by atoms with E-state index in [1.54, 1.807) is 6.92 Å². The smallest absolute Gasteiger partial charge is 0.194 e. The first-order valence-electron chi connectivity index (χ1n) is 10.0. The van der Waals surface area contributed by atoms with Gasteiger partial charge in [0.05, 0.1) is 5.69 Å². The maximum absolute atomic E-state index is 7.47. The number of aromatic nitrogens is 2. The molecule has 1 fully saturated rings. The fourth-order valence-corrected chi connectivity index (χ4v) is 4.33. The van der Waals surface area contributed by atoms with Crippen LogP contribution in [-0.4, -0.2) is 39.2 Å². The van der Waals surface area contributed by atoms with E-state index in [0.717, 1.165) is 17.2 Å². The predicted molar refractivity (Wildman–Crippen MR) is 116 cm³/mol. The lowest BCUT2D eigenvalue weighted by Crippen LogP contribution is -2.23. The first kappa shape index (κ1) is 22.4. The van der Waals surface area contributed by atoms with Crippen molar-refractivity contribution >= 4 is 16.3 Å². The van der Waals surface area contributed by atoms with Crippen molar-refractivity contribution in [2.24, 2.45) is 0 Å². The second-order valence-corrected chi connectivity index (χ2v) is 8.00. The van der Waals surface area contributed by atoms with Gasteiger partial charge in [0.1, 0.15) is 6.61 Å². The summed E-state index contributed by atoms with van der Waals surface area (Å²) in [5, 5.41) is 14.2. The molecule has 0 amide bonds. The Kier molecular flexibility index (Phi) is 9.31. The number of rotatable bonds is 6. The van der Waals surface area contributed by atoms with Crippen molar-refractivity contribution in [1.82, 2.24) is 14.3 Å². The van der Waals surface area contributed by atoms with Gasteiger partial charge in [0.25, 0.3) is 0 Å². The zero-order valence-corrected chi connectivity index (χ0v) is 17.9. The number of likely N-dealkylation sites (tertiary alicyclic amines) is 1. The van der Waals surface area contributed by atoms with Gasteiger partial charge in [-0.2, -0.15) is 4.89 Å². The van der Waals surface area contributed by atoms with Crippen LogP contribution >= 0.6 is 11.3 Å². The van der Waals surface area contributed by atoms with Gasteiger partial charge in [-0.1, -0.05) is 60.4 Å². The number of imidazole rings is 1. The fraction of sp³-hybridized carbons (Fsp3) is 0.409. The van der Waals surface area contributed by atoms with E-state index in [1.165, 1.54) is 49.2 Å². The standard InChI is InChI=1S/C18H21N3S.C4H6O4/c1-2-7-11-20(10-6-1)12-16-13-21-14-17(19-18(21)22-16)15-8-4-3-5-9-15;1-2-3-4-6-8-7-5/h3-5,8-9,13-14H,1-2,6-7,10-12H2;5H,4H2,1H3. The molecule has 160 valence electrons. The Labute approximate surface area is 180 Å². The van der Waals surface area contributed by atoms with Gasteiger partial charge in [-0.3, -0.25) is 9.30 Å². The normalized spacial score (nSPS) is 14.5. The van der Waals surface area contributed by atoms with Crippen molar-refractivity contribution in [1.29, 1.82) is 0 Å². The van der Waals surface area contributed by atoms with Crippen molar-refractivity contribution in [2.45, 2.75) is 39.2 Å². The molecule has 3 heterocycles. The topological polar surface area (TPSA) is 68.5 Å².